The van der Waals surface area contributed by atoms with Crippen molar-refractivity contribution in [2.45, 2.75) is 65.0 Å². The quantitative estimate of drug-likeness (QED) is 0.551. The molecule has 0 saturated heterocycles. The Morgan fingerprint density at radius 2 is 1.94 bits per heavy atom. The summed E-state index contributed by atoms with van der Waals surface area (Å²) in [7, 11) is 0. The van der Waals surface area contributed by atoms with Crippen LogP contribution in [0.5, 0.6) is 0 Å². The number of anilines is 1. The maximum Gasteiger partial charge on any atom is 0.255 e. The molecule has 3 aromatic rings. The highest BCUT2D eigenvalue weighted by atomic mass is 16.1. The molecule has 3 heterocycles. The summed E-state index contributed by atoms with van der Waals surface area (Å²) in [6.45, 7) is 5.66. The van der Waals surface area contributed by atoms with Crippen molar-refractivity contribution in [3.63, 3.8) is 0 Å². The van der Waals surface area contributed by atoms with Gasteiger partial charge in [-0.2, -0.15) is 10.4 Å². The van der Waals surface area contributed by atoms with E-state index in [1.807, 2.05) is 19.9 Å². The molecule has 0 unspecified atom stereocenters. The monoisotopic (exact) mass is 459 g/mol. The fraction of sp³-hybridized carbons (Fsp3) is 0.440. The van der Waals surface area contributed by atoms with Gasteiger partial charge in [-0.3, -0.25) is 9.78 Å². The molecule has 176 valence electrons. The zero-order chi connectivity index (χ0) is 24.2. The summed E-state index contributed by atoms with van der Waals surface area (Å²) in [6, 6.07) is 4.11. The van der Waals surface area contributed by atoms with Gasteiger partial charge in [0.25, 0.3) is 5.91 Å². The van der Waals surface area contributed by atoms with E-state index in [1.165, 1.54) is 6.20 Å². The van der Waals surface area contributed by atoms with Crippen LogP contribution in [0.25, 0.3) is 16.9 Å². The lowest BCUT2D eigenvalue weighted by molar-refractivity contribution is -0.118. The maximum atomic E-state index is 13.2. The Morgan fingerprint density at radius 1 is 1.18 bits per heavy atom. The number of carbonyl (C=O) groups is 2. The number of hydrogen-bond acceptors (Lipinski definition) is 7. The first-order chi connectivity index (χ1) is 16.3. The Kier molecular flexibility index (Phi) is 6.87. The summed E-state index contributed by atoms with van der Waals surface area (Å²) >= 11 is 0. The molecule has 2 N–H and O–H groups in total. The lowest BCUT2D eigenvalue weighted by Gasteiger charge is -2.29. The van der Waals surface area contributed by atoms with Gasteiger partial charge in [0.05, 0.1) is 40.5 Å². The number of nitriles is 1. The second kappa shape index (κ2) is 10.00. The summed E-state index contributed by atoms with van der Waals surface area (Å²) in [6.07, 6.45) is 10.6. The van der Waals surface area contributed by atoms with Crippen LogP contribution in [-0.2, 0) is 4.79 Å². The highest BCUT2D eigenvalue weighted by molar-refractivity contribution is 6.00. The van der Waals surface area contributed by atoms with E-state index in [-0.39, 0.29) is 23.8 Å². The van der Waals surface area contributed by atoms with Crippen molar-refractivity contribution in [1.29, 1.82) is 5.26 Å². The number of Topliss-reactive ketones (excluding diaryl/α,β-unsaturated/α-hetero) is 1. The molecule has 34 heavy (non-hydrogen) atoms. The molecule has 9 nitrogen and oxygen atoms in total. The summed E-state index contributed by atoms with van der Waals surface area (Å²) in [4.78, 5) is 33.4. The Labute approximate surface area is 198 Å². The van der Waals surface area contributed by atoms with Gasteiger partial charge in [0.15, 0.2) is 5.65 Å². The van der Waals surface area contributed by atoms with Gasteiger partial charge >= 0.3 is 0 Å². The second-order valence-corrected chi connectivity index (χ2v) is 9.29. The van der Waals surface area contributed by atoms with Crippen LogP contribution in [0.4, 0.5) is 5.69 Å². The molecule has 4 rings (SSSR count). The number of ketones is 1. The average molecular weight is 460 g/mol. The van der Waals surface area contributed by atoms with Crippen molar-refractivity contribution in [1.82, 2.24) is 24.9 Å². The lowest BCUT2D eigenvalue weighted by atomic mass is 9.83. The smallest absolute Gasteiger partial charge is 0.255 e. The Hall–Kier alpha value is -3.80. The van der Waals surface area contributed by atoms with Gasteiger partial charge in [-0.05, 0) is 58.4 Å². The summed E-state index contributed by atoms with van der Waals surface area (Å²) in [5.74, 6) is 0.497. The third kappa shape index (κ3) is 5.22. The first-order valence-electron chi connectivity index (χ1n) is 11.6. The molecule has 1 fully saturated rings. The van der Waals surface area contributed by atoms with Gasteiger partial charge in [-0.25, -0.2) is 9.50 Å². The molecule has 0 aliphatic heterocycles. The van der Waals surface area contributed by atoms with E-state index in [2.05, 4.69) is 31.8 Å². The molecule has 0 spiro atoms. The Morgan fingerprint density at radius 3 is 2.62 bits per heavy atom. The number of aromatic nitrogens is 4. The average Bonchev–Trinajstić information content (AvgIpc) is 3.22. The predicted octanol–water partition coefficient (Wildman–Crippen LogP) is 3.75. The number of nitrogens with one attached hydrogen (secondary N) is 2. The molecule has 3 aromatic heterocycles. The number of pyridine rings is 1. The third-order valence-corrected chi connectivity index (χ3v) is 6.11. The number of carbonyl (C=O) groups excluding carboxylic acids is 2. The molecule has 1 saturated carbocycles. The number of fused-ring (bicyclic) bond motifs is 1. The number of amides is 1. The maximum absolute atomic E-state index is 13.2. The van der Waals surface area contributed by atoms with E-state index in [1.54, 1.807) is 30.0 Å². The van der Waals surface area contributed by atoms with Gasteiger partial charge in [0.1, 0.15) is 11.9 Å². The van der Waals surface area contributed by atoms with E-state index in [4.69, 9.17) is 5.26 Å². The predicted molar refractivity (Wildman–Crippen MR) is 128 cm³/mol. The van der Waals surface area contributed by atoms with Gasteiger partial charge in [-0.15, -0.1) is 0 Å². The van der Waals surface area contributed by atoms with Crippen LogP contribution in [0, 0.1) is 17.2 Å². The molecule has 1 aliphatic rings. The highest BCUT2D eigenvalue weighted by Gasteiger charge is 2.25. The van der Waals surface area contributed by atoms with E-state index >= 15 is 0 Å². The highest BCUT2D eigenvalue weighted by Crippen LogP contribution is 2.29. The molecular formula is C25H29N7O2. The molecule has 0 radical (unpaired) electrons. The fourth-order valence-electron chi connectivity index (χ4n) is 4.51. The molecule has 0 atom stereocenters. The van der Waals surface area contributed by atoms with Gasteiger partial charge < -0.3 is 15.4 Å². The minimum Gasteiger partial charge on any atom is -0.382 e. The van der Waals surface area contributed by atoms with Crippen LogP contribution in [-0.4, -0.2) is 43.4 Å². The topological polar surface area (TPSA) is 125 Å². The summed E-state index contributed by atoms with van der Waals surface area (Å²) in [5, 5.41) is 19.9. The van der Waals surface area contributed by atoms with Crippen LogP contribution >= 0.6 is 0 Å². The van der Waals surface area contributed by atoms with Crippen molar-refractivity contribution in [3.05, 3.63) is 42.0 Å². The van der Waals surface area contributed by atoms with Crippen molar-refractivity contribution in [2.75, 3.05) is 5.32 Å². The molecule has 1 amide bonds. The lowest BCUT2D eigenvalue weighted by Crippen LogP contribution is -2.38. The van der Waals surface area contributed by atoms with Crippen LogP contribution in [0.3, 0.4) is 0 Å². The van der Waals surface area contributed by atoms with Gasteiger partial charge in [0.2, 0.25) is 0 Å². The van der Waals surface area contributed by atoms with Crippen LogP contribution in [0.2, 0.25) is 0 Å². The van der Waals surface area contributed by atoms with E-state index < -0.39 is 0 Å². The van der Waals surface area contributed by atoms with E-state index in [0.29, 0.717) is 46.1 Å². The first kappa shape index (κ1) is 23.4. The molecular weight excluding hydrogens is 430 g/mol. The van der Waals surface area contributed by atoms with Crippen LogP contribution < -0.4 is 10.6 Å². The Balaban J connectivity index is 1.55. The summed E-state index contributed by atoms with van der Waals surface area (Å²) < 4.78 is 1.55. The van der Waals surface area contributed by atoms with Gasteiger partial charge in [-0.1, -0.05) is 0 Å². The number of nitrogens with zero attached hydrogens (tertiary/aromatic N) is 5. The Bertz CT molecular complexity index is 1250. The minimum atomic E-state index is -0.158. The fourth-order valence-corrected chi connectivity index (χ4v) is 4.51. The molecule has 0 bridgehead atoms. The summed E-state index contributed by atoms with van der Waals surface area (Å²) in [5.41, 5.74) is 3.53. The first-order valence-corrected chi connectivity index (χ1v) is 11.6. The van der Waals surface area contributed by atoms with E-state index in [9.17, 15) is 9.59 Å². The van der Waals surface area contributed by atoms with Crippen LogP contribution in [0.1, 0.15) is 68.8 Å². The number of hydrogen-bond donors (Lipinski definition) is 2. The molecule has 1 aliphatic carbocycles. The van der Waals surface area contributed by atoms with Crippen molar-refractivity contribution in [2.24, 2.45) is 5.92 Å². The largest absolute Gasteiger partial charge is 0.382 e. The van der Waals surface area contributed by atoms with Gasteiger partial charge in [0, 0.05) is 30.9 Å². The number of rotatable bonds is 7. The minimum absolute atomic E-state index is 0.0976. The zero-order valence-corrected chi connectivity index (χ0v) is 19.7. The normalized spacial score (nSPS) is 18.0. The van der Waals surface area contributed by atoms with E-state index in [0.717, 1.165) is 25.7 Å². The van der Waals surface area contributed by atoms with Crippen molar-refractivity contribution >= 4 is 23.0 Å². The zero-order valence-electron chi connectivity index (χ0n) is 19.7. The second-order valence-electron chi connectivity index (χ2n) is 9.29. The SMILES string of the molecule is CC(=O)CC1CCC(NC(=O)c2cnc(-c3cnn4cc(C#N)cnc34)cc2NC(C)C)CC1. The molecule has 9 heteroatoms. The van der Waals surface area contributed by atoms with Crippen molar-refractivity contribution in [3.8, 4) is 17.3 Å². The molecule has 0 aromatic carbocycles. The third-order valence-electron chi connectivity index (χ3n) is 6.11. The standard InChI is InChI=1S/C25H29N7O2/c1-15(2)30-23-9-22(20-13-29-32-14-18(10-26)11-28-24(20)32)27-12-21(23)25(34)31-19-6-4-17(5-7-19)8-16(3)33/h9,11-15,17,19H,4-8H2,1-3H3,(H,27,30)(H,31,34). The van der Waals surface area contributed by atoms with Crippen LogP contribution in [0.15, 0.2) is 30.9 Å². The van der Waals surface area contributed by atoms with Crippen molar-refractivity contribution < 1.29 is 9.59 Å².